The minimum Gasteiger partial charge on any atom is -0.446 e. The largest absolute Gasteiger partial charge is 0.446 e. The average Bonchev–Trinajstić information content (AvgIpc) is 2.28. The van der Waals surface area contributed by atoms with Crippen molar-refractivity contribution in [2.24, 2.45) is 0 Å². The molecule has 5 nitrogen and oxygen atoms in total. The van der Waals surface area contributed by atoms with Crippen LogP contribution in [0.15, 0.2) is 0 Å². The van der Waals surface area contributed by atoms with Gasteiger partial charge in [0.2, 0.25) is 0 Å². The van der Waals surface area contributed by atoms with E-state index in [4.69, 9.17) is 45.8 Å². The van der Waals surface area contributed by atoms with Crippen molar-refractivity contribution >= 4 is 46.5 Å². The molecule has 0 radical (unpaired) electrons. The molecule has 1 heterocycles. The van der Waals surface area contributed by atoms with E-state index in [2.05, 4.69) is 9.72 Å². The summed E-state index contributed by atoms with van der Waals surface area (Å²) in [5.74, 6) is -0.892. The van der Waals surface area contributed by atoms with E-state index in [1.807, 2.05) is 0 Å². The average molecular weight is 280 g/mol. The molecule has 0 aliphatic heterocycles. The van der Waals surface area contributed by atoms with Crippen LogP contribution in [0.1, 0.15) is 10.5 Å². The summed E-state index contributed by atoms with van der Waals surface area (Å²) in [5.41, 5.74) is 5.15. The van der Waals surface area contributed by atoms with Crippen LogP contribution in [-0.2, 0) is 4.74 Å². The third-order valence-electron chi connectivity index (χ3n) is 1.53. The fourth-order valence-electron chi connectivity index (χ4n) is 0.833. The molecule has 0 aliphatic carbocycles. The fourth-order valence-corrected chi connectivity index (χ4v) is 1.42. The molecule has 0 atom stereocenters. The molecule has 1 rings (SSSR count). The van der Waals surface area contributed by atoms with Gasteiger partial charge in [-0.25, -0.2) is 9.78 Å². The first-order chi connectivity index (χ1) is 7.49. The summed E-state index contributed by atoms with van der Waals surface area (Å²) in [6.45, 7) is -0.420. The summed E-state index contributed by atoms with van der Waals surface area (Å²) in [5, 5.41) is 7.88. The summed E-state index contributed by atoms with van der Waals surface area (Å²) >= 11 is 17.0. The van der Waals surface area contributed by atoms with Crippen LogP contribution in [0.2, 0.25) is 15.2 Å². The van der Waals surface area contributed by atoms with Crippen molar-refractivity contribution in [1.29, 1.82) is 5.26 Å². The Morgan fingerprint density at radius 2 is 2.06 bits per heavy atom. The number of aromatic nitrogens is 1. The predicted molar refractivity (Wildman–Crippen MR) is 59.6 cm³/mol. The maximum absolute atomic E-state index is 11.4. The number of nitrogens with two attached hydrogens (primary N) is 1. The molecule has 1 aromatic heterocycles. The molecule has 0 unspecified atom stereocenters. The highest BCUT2D eigenvalue weighted by Gasteiger charge is 2.20. The number of esters is 1. The van der Waals surface area contributed by atoms with E-state index >= 15 is 0 Å². The molecule has 0 spiro atoms. The minimum atomic E-state index is -0.892. The Labute approximate surface area is 106 Å². The number of hydrogen-bond donors (Lipinski definition) is 1. The molecule has 84 valence electrons. The monoisotopic (exact) mass is 279 g/mol. The number of pyridine rings is 1. The molecule has 0 saturated heterocycles. The Morgan fingerprint density at radius 3 is 2.62 bits per heavy atom. The summed E-state index contributed by atoms with van der Waals surface area (Å²) in [6.07, 6.45) is 0. The van der Waals surface area contributed by atoms with E-state index in [0.29, 0.717) is 0 Å². The summed E-state index contributed by atoms with van der Waals surface area (Å²) in [6, 6.07) is 1.62. The third kappa shape index (κ3) is 2.47. The van der Waals surface area contributed by atoms with E-state index < -0.39 is 12.6 Å². The van der Waals surface area contributed by atoms with Gasteiger partial charge in [0.05, 0.1) is 10.7 Å². The Bertz CT molecular complexity index is 484. The SMILES string of the molecule is N#CCOC(=O)c1nc(Cl)c(Cl)c(N)c1Cl. The Morgan fingerprint density at radius 1 is 1.44 bits per heavy atom. The van der Waals surface area contributed by atoms with Crippen molar-refractivity contribution in [3.8, 4) is 6.07 Å². The van der Waals surface area contributed by atoms with Crippen molar-refractivity contribution < 1.29 is 9.53 Å². The van der Waals surface area contributed by atoms with Gasteiger partial charge < -0.3 is 10.5 Å². The molecule has 8 heteroatoms. The van der Waals surface area contributed by atoms with Gasteiger partial charge in [0.15, 0.2) is 17.5 Å². The van der Waals surface area contributed by atoms with Crippen LogP contribution >= 0.6 is 34.8 Å². The summed E-state index contributed by atoms with van der Waals surface area (Å²) < 4.78 is 4.50. The maximum Gasteiger partial charge on any atom is 0.359 e. The number of ether oxygens (including phenoxy) is 1. The van der Waals surface area contributed by atoms with Crippen molar-refractivity contribution in [1.82, 2.24) is 4.98 Å². The number of hydrogen-bond acceptors (Lipinski definition) is 5. The zero-order valence-electron chi connectivity index (χ0n) is 7.63. The highest BCUT2D eigenvalue weighted by atomic mass is 35.5. The number of nitrogens with zero attached hydrogens (tertiary/aromatic N) is 2. The number of anilines is 1. The second-order valence-electron chi connectivity index (χ2n) is 2.53. The molecule has 0 saturated carbocycles. The number of rotatable bonds is 2. The lowest BCUT2D eigenvalue weighted by molar-refractivity contribution is 0.0548. The van der Waals surface area contributed by atoms with E-state index in [1.165, 1.54) is 0 Å². The molecule has 16 heavy (non-hydrogen) atoms. The number of carbonyl (C=O) groups is 1. The zero-order chi connectivity index (χ0) is 12.3. The predicted octanol–water partition coefficient (Wildman–Crippen LogP) is 2.30. The van der Waals surface area contributed by atoms with Gasteiger partial charge in [-0.2, -0.15) is 5.26 Å². The maximum atomic E-state index is 11.4. The van der Waals surface area contributed by atoms with Gasteiger partial charge >= 0.3 is 5.97 Å². The number of halogens is 3. The first-order valence-electron chi connectivity index (χ1n) is 3.83. The summed E-state index contributed by atoms with van der Waals surface area (Å²) in [4.78, 5) is 15.0. The van der Waals surface area contributed by atoms with Crippen molar-refractivity contribution in [3.63, 3.8) is 0 Å². The van der Waals surface area contributed by atoms with Gasteiger partial charge in [0, 0.05) is 0 Å². The second kappa shape index (κ2) is 5.21. The summed E-state index contributed by atoms with van der Waals surface area (Å²) in [7, 11) is 0. The van der Waals surface area contributed by atoms with E-state index in [9.17, 15) is 4.79 Å². The standard InChI is InChI=1S/C8H4Cl3N3O2/c9-3-5(13)4(10)7(11)14-6(3)8(15)16-2-1-12/h2H2,(H2,13,14). The van der Waals surface area contributed by atoms with Gasteiger partial charge in [0.25, 0.3) is 0 Å². The smallest absolute Gasteiger partial charge is 0.359 e. The first kappa shape index (κ1) is 12.8. The van der Waals surface area contributed by atoms with Crippen LogP contribution in [0.3, 0.4) is 0 Å². The highest BCUT2D eigenvalue weighted by Crippen LogP contribution is 2.34. The number of nitriles is 1. The fraction of sp³-hybridized carbons (Fsp3) is 0.125. The minimum absolute atomic E-state index is 0.0384. The first-order valence-corrected chi connectivity index (χ1v) is 4.96. The van der Waals surface area contributed by atoms with Gasteiger partial charge in [-0.3, -0.25) is 0 Å². The third-order valence-corrected chi connectivity index (χ3v) is 2.67. The molecule has 0 aromatic carbocycles. The van der Waals surface area contributed by atoms with Crippen molar-refractivity contribution in [3.05, 3.63) is 20.9 Å². The Kier molecular flexibility index (Phi) is 4.19. The van der Waals surface area contributed by atoms with Crippen LogP contribution in [-0.4, -0.2) is 17.6 Å². The van der Waals surface area contributed by atoms with Gasteiger partial charge in [-0.1, -0.05) is 34.8 Å². The molecule has 0 aliphatic rings. The van der Waals surface area contributed by atoms with E-state index in [1.54, 1.807) is 6.07 Å². The second-order valence-corrected chi connectivity index (χ2v) is 3.64. The Balaban J connectivity index is 3.16. The van der Waals surface area contributed by atoms with Gasteiger partial charge in [0.1, 0.15) is 11.1 Å². The molecule has 2 N–H and O–H groups in total. The van der Waals surface area contributed by atoms with Crippen LogP contribution in [0.25, 0.3) is 0 Å². The quantitative estimate of drug-likeness (QED) is 0.663. The molecule has 0 bridgehead atoms. The van der Waals surface area contributed by atoms with E-state index in [-0.39, 0.29) is 26.6 Å². The number of nitrogen functional groups attached to an aromatic ring is 1. The lowest BCUT2D eigenvalue weighted by atomic mass is 10.3. The lowest BCUT2D eigenvalue weighted by Crippen LogP contribution is -2.10. The van der Waals surface area contributed by atoms with Crippen LogP contribution in [0, 0.1) is 11.3 Å². The topological polar surface area (TPSA) is 89.0 Å². The van der Waals surface area contributed by atoms with Crippen LogP contribution < -0.4 is 5.73 Å². The normalized spacial score (nSPS) is 9.62. The molecular weight excluding hydrogens is 276 g/mol. The van der Waals surface area contributed by atoms with E-state index in [0.717, 1.165) is 0 Å². The van der Waals surface area contributed by atoms with Crippen molar-refractivity contribution in [2.75, 3.05) is 12.3 Å². The lowest BCUT2D eigenvalue weighted by Gasteiger charge is -2.07. The van der Waals surface area contributed by atoms with Crippen LogP contribution in [0.4, 0.5) is 5.69 Å². The number of carbonyl (C=O) groups excluding carboxylic acids is 1. The molecule has 0 fully saturated rings. The van der Waals surface area contributed by atoms with Crippen LogP contribution in [0.5, 0.6) is 0 Å². The molecular formula is C8H4Cl3N3O2. The Hall–Kier alpha value is -1.22. The van der Waals surface area contributed by atoms with Gasteiger partial charge in [-0.05, 0) is 0 Å². The van der Waals surface area contributed by atoms with Gasteiger partial charge in [-0.15, -0.1) is 0 Å². The molecule has 0 amide bonds. The highest BCUT2D eigenvalue weighted by molar-refractivity contribution is 6.46. The molecule has 1 aromatic rings. The zero-order valence-corrected chi connectivity index (χ0v) is 9.90. The van der Waals surface area contributed by atoms with Crippen molar-refractivity contribution in [2.45, 2.75) is 0 Å².